The number of carbonyl (C=O) groups excluding carboxylic acids is 3. The number of rotatable bonds is 7. The van der Waals surface area contributed by atoms with Gasteiger partial charge in [-0.1, -0.05) is 30.3 Å². The second-order valence-corrected chi connectivity index (χ2v) is 7.58. The Kier molecular flexibility index (Phi) is 6.73. The number of hydrogen-bond donors (Lipinski definition) is 1. The minimum absolute atomic E-state index is 0.159. The van der Waals surface area contributed by atoms with Crippen LogP contribution in [0.25, 0.3) is 0 Å². The van der Waals surface area contributed by atoms with Gasteiger partial charge in [0.1, 0.15) is 11.8 Å². The van der Waals surface area contributed by atoms with Crippen LogP contribution in [0.1, 0.15) is 35.1 Å². The zero-order valence-corrected chi connectivity index (χ0v) is 18.1. The number of methoxy groups -OCH3 is 1. The molecule has 1 aliphatic heterocycles. The van der Waals surface area contributed by atoms with E-state index in [0.717, 1.165) is 0 Å². The van der Waals surface area contributed by atoms with Crippen LogP contribution in [0.3, 0.4) is 0 Å². The Balaban J connectivity index is 1.51. The molecule has 2 amide bonds. The number of amides is 2. The molecule has 2 atom stereocenters. The van der Waals surface area contributed by atoms with Gasteiger partial charge in [-0.25, -0.2) is 4.79 Å². The summed E-state index contributed by atoms with van der Waals surface area (Å²) in [5.74, 6) is -0.695. The summed E-state index contributed by atoms with van der Waals surface area (Å²) < 4.78 is 16.0. The van der Waals surface area contributed by atoms with Gasteiger partial charge in [0, 0.05) is 17.8 Å². The van der Waals surface area contributed by atoms with Gasteiger partial charge in [-0.3, -0.25) is 9.59 Å². The van der Waals surface area contributed by atoms with Gasteiger partial charge in [0.25, 0.3) is 11.8 Å². The number of likely N-dealkylation sites (tertiary alicyclic amines) is 1. The molecule has 1 N–H and O–H groups in total. The number of benzene rings is 2. The smallest absolute Gasteiger partial charge is 0.329 e. The predicted molar refractivity (Wildman–Crippen MR) is 120 cm³/mol. The van der Waals surface area contributed by atoms with E-state index in [1.165, 1.54) is 11.2 Å². The second-order valence-electron chi connectivity index (χ2n) is 7.58. The Hall–Kier alpha value is -4.07. The molecule has 1 fully saturated rings. The third-order valence-electron chi connectivity index (χ3n) is 5.45. The molecule has 2 heterocycles. The molecule has 0 spiro atoms. The van der Waals surface area contributed by atoms with Crippen molar-refractivity contribution in [3.05, 3.63) is 84.3 Å². The highest BCUT2D eigenvalue weighted by Gasteiger charge is 2.38. The minimum Gasteiger partial charge on any atom is -0.497 e. The zero-order chi connectivity index (χ0) is 23.2. The lowest BCUT2D eigenvalue weighted by Gasteiger charge is -2.25. The Labute approximate surface area is 191 Å². The molecule has 3 aromatic rings. The van der Waals surface area contributed by atoms with Crippen molar-refractivity contribution in [1.82, 2.24) is 4.90 Å². The quantitative estimate of drug-likeness (QED) is 0.552. The van der Waals surface area contributed by atoms with Crippen molar-refractivity contribution in [2.75, 3.05) is 19.0 Å². The van der Waals surface area contributed by atoms with Crippen LogP contribution in [0, 0.1) is 0 Å². The van der Waals surface area contributed by atoms with Crippen LogP contribution in [0.15, 0.2) is 77.4 Å². The predicted octanol–water partition coefficient (Wildman–Crippen LogP) is 3.82. The van der Waals surface area contributed by atoms with Gasteiger partial charge in [0.2, 0.25) is 6.10 Å². The van der Waals surface area contributed by atoms with E-state index in [0.29, 0.717) is 36.4 Å². The van der Waals surface area contributed by atoms with E-state index < -0.39 is 24.0 Å². The number of carbonyl (C=O) groups is 3. The number of esters is 1. The van der Waals surface area contributed by atoms with Gasteiger partial charge in [-0.2, -0.15) is 0 Å². The van der Waals surface area contributed by atoms with Gasteiger partial charge < -0.3 is 24.1 Å². The molecule has 0 saturated carbocycles. The molecule has 0 aliphatic carbocycles. The van der Waals surface area contributed by atoms with E-state index in [9.17, 15) is 14.4 Å². The molecular weight excluding hydrogens is 424 g/mol. The summed E-state index contributed by atoms with van der Waals surface area (Å²) in [7, 11) is 1.56. The van der Waals surface area contributed by atoms with E-state index in [4.69, 9.17) is 13.9 Å². The van der Waals surface area contributed by atoms with Gasteiger partial charge in [-0.05, 0) is 49.2 Å². The largest absolute Gasteiger partial charge is 0.497 e. The first-order chi connectivity index (χ1) is 16.1. The molecule has 1 aromatic heterocycles. The van der Waals surface area contributed by atoms with Gasteiger partial charge in [-0.15, -0.1) is 0 Å². The lowest BCUT2D eigenvalue weighted by Crippen LogP contribution is -2.42. The number of anilines is 1. The van der Waals surface area contributed by atoms with Gasteiger partial charge >= 0.3 is 5.97 Å². The average molecular weight is 448 g/mol. The van der Waals surface area contributed by atoms with E-state index in [-0.39, 0.29) is 11.7 Å². The molecule has 1 saturated heterocycles. The van der Waals surface area contributed by atoms with Crippen LogP contribution in [-0.2, 0) is 14.3 Å². The fraction of sp³-hybridized carbons (Fsp3) is 0.240. The summed E-state index contributed by atoms with van der Waals surface area (Å²) in [6.45, 7) is 0.410. The normalized spacial score (nSPS) is 16.2. The molecule has 1 aliphatic rings. The highest BCUT2D eigenvalue weighted by atomic mass is 16.6. The van der Waals surface area contributed by atoms with Crippen molar-refractivity contribution in [3.63, 3.8) is 0 Å². The fourth-order valence-electron chi connectivity index (χ4n) is 3.77. The van der Waals surface area contributed by atoms with E-state index >= 15 is 0 Å². The van der Waals surface area contributed by atoms with Crippen molar-refractivity contribution >= 4 is 23.5 Å². The number of nitrogens with one attached hydrogen (secondary N) is 1. The zero-order valence-electron chi connectivity index (χ0n) is 18.1. The Morgan fingerprint density at radius 3 is 2.45 bits per heavy atom. The maximum atomic E-state index is 13.1. The van der Waals surface area contributed by atoms with E-state index in [2.05, 4.69) is 5.32 Å². The third-order valence-corrected chi connectivity index (χ3v) is 5.45. The summed E-state index contributed by atoms with van der Waals surface area (Å²) in [4.78, 5) is 40.4. The molecule has 0 radical (unpaired) electrons. The molecule has 0 bridgehead atoms. The second kappa shape index (κ2) is 10.0. The topological polar surface area (TPSA) is 98.1 Å². The molecule has 170 valence electrons. The first kappa shape index (κ1) is 22.1. The molecule has 33 heavy (non-hydrogen) atoms. The van der Waals surface area contributed by atoms with Crippen LogP contribution in [0.5, 0.6) is 5.75 Å². The maximum absolute atomic E-state index is 13.1. The van der Waals surface area contributed by atoms with E-state index in [1.807, 2.05) is 6.07 Å². The maximum Gasteiger partial charge on any atom is 0.329 e. The molecule has 8 nitrogen and oxygen atoms in total. The van der Waals surface area contributed by atoms with Crippen molar-refractivity contribution in [3.8, 4) is 5.75 Å². The van der Waals surface area contributed by atoms with Crippen LogP contribution in [0.4, 0.5) is 5.69 Å². The summed E-state index contributed by atoms with van der Waals surface area (Å²) in [6, 6.07) is 18.0. The third kappa shape index (κ3) is 5.06. The molecule has 0 unspecified atom stereocenters. The van der Waals surface area contributed by atoms with Crippen molar-refractivity contribution < 1.29 is 28.3 Å². The van der Waals surface area contributed by atoms with Crippen molar-refractivity contribution in [2.45, 2.75) is 25.0 Å². The fourth-order valence-corrected chi connectivity index (χ4v) is 3.77. The summed E-state index contributed by atoms with van der Waals surface area (Å²) in [6.07, 6.45) is 1.33. The molecule has 2 aromatic carbocycles. The average Bonchev–Trinajstić information content (AvgIpc) is 3.56. The van der Waals surface area contributed by atoms with Crippen LogP contribution in [0.2, 0.25) is 0 Å². The molecular formula is C25H24N2O6. The van der Waals surface area contributed by atoms with Gasteiger partial charge in [0.15, 0.2) is 5.76 Å². The van der Waals surface area contributed by atoms with Crippen LogP contribution in [-0.4, -0.2) is 42.4 Å². The Morgan fingerprint density at radius 2 is 1.79 bits per heavy atom. The summed E-state index contributed by atoms with van der Waals surface area (Å²) in [5, 5.41) is 2.78. The number of nitrogens with zero attached hydrogens (tertiary/aromatic N) is 1. The number of hydrogen-bond acceptors (Lipinski definition) is 6. The Bertz CT molecular complexity index is 1100. The SMILES string of the molecule is COc1ccc(NC(=O)[C@H](OC(=O)[C@@H]2CCCN2C(=O)c2ccco2)c2ccccc2)cc1. The minimum atomic E-state index is -1.18. The first-order valence-corrected chi connectivity index (χ1v) is 10.6. The lowest BCUT2D eigenvalue weighted by molar-refractivity contribution is -0.158. The van der Waals surface area contributed by atoms with Crippen LogP contribution >= 0.6 is 0 Å². The van der Waals surface area contributed by atoms with Crippen LogP contribution < -0.4 is 10.1 Å². The van der Waals surface area contributed by atoms with E-state index in [1.54, 1.807) is 67.8 Å². The molecule has 4 rings (SSSR count). The Morgan fingerprint density at radius 1 is 1.03 bits per heavy atom. The van der Waals surface area contributed by atoms with Crippen molar-refractivity contribution in [1.29, 1.82) is 0 Å². The highest BCUT2D eigenvalue weighted by Crippen LogP contribution is 2.26. The highest BCUT2D eigenvalue weighted by molar-refractivity contribution is 5.98. The van der Waals surface area contributed by atoms with Crippen molar-refractivity contribution in [2.24, 2.45) is 0 Å². The lowest BCUT2D eigenvalue weighted by atomic mass is 10.1. The summed E-state index contributed by atoms with van der Waals surface area (Å²) in [5.41, 5.74) is 1.06. The number of ether oxygens (including phenoxy) is 2. The van der Waals surface area contributed by atoms with Gasteiger partial charge in [0.05, 0.1) is 13.4 Å². The summed E-state index contributed by atoms with van der Waals surface area (Å²) >= 11 is 0. The first-order valence-electron chi connectivity index (χ1n) is 10.6. The monoisotopic (exact) mass is 448 g/mol. The standard InChI is InChI=1S/C25H24N2O6/c1-31-19-13-11-18(12-14-19)26-23(28)22(17-7-3-2-4-8-17)33-25(30)20-9-5-15-27(20)24(29)21-10-6-16-32-21/h2-4,6-8,10-14,16,20,22H,5,9,15H2,1H3,(H,26,28)/t20-,22+/m0/s1. The number of furan rings is 1. The molecule has 8 heteroatoms.